The summed E-state index contributed by atoms with van der Waals surface area (Å²) >= 11 is 5.42. The zero-order valence-electron chi connectivity index (χ0n) is 7.95. The normalized spacial score (nSPS) is 20.6. The van der Waals surface area contributed by atoms with Crippen molar-refractivity contribution >= 4 is 21.6 Å². The highest BCUT2D eigenvalue weighted by Crippen LogP contribution is 2.18. The van der Waals surface area contributed by atoms with Gasteiger partial charge in [-0.3, -0.25) is 0 Å². The summed E-state index contributed by atoms with van der Waals surface area (Å²) in [4.78, 5) is 0. The van der Waals surface area contributed by atoms with E-state index in [2.05, 4.69) is 5.92 Å². The number of halogens is 1. The Morgan fingerprint density at radius 1 is 1.43 bits per heavy atom. The van der Waals surface area contributed by atoms with E-state index in [1.54, 1.807) is 0 Å². The van der Waals surface area contributed by atoms with Crippen LogP contribution in [0.1, 0.15) is 12.8 Å². The molecule has 1 aliphatic heterocycles. The molecule has 0 spiro atoms. The van der Waals surface area contributed by atoms with E-state index in [4.69, 9.17) is 18.0 Å². The number of hydrogen-bond donors (Lipinski definition) is 0. The molecular weight excluding hydrogens is 222 g/mol. The Morgan fingerprint density at radius 3 is 2.43 bits per heavy atom. The third-order valence-corrected chi connectivity index (χ3v) is 4.70. The molecule has 0 amide bonds. The second kappa shape index (κ2) is 5.01. The standard InChI is InChI=1S/C9H14ClNO2S/c1-2-9-3-6-11(7-4-9)14(12,13)8-5-10/h1,9H,3-8H2. The van der Waals surface area contributed by atoms with E-state index in [0.29, 0.717) is 13.1 Å². The summed E-state index contributed by atoms with van der Waals surface area (Å²) < 4.78 is 24.6. The van der Waals surface area contributed by atoms with Gasteiger partial charge in [-0.25, -0.2) is 12.7 Å². The van der Waals surface area contributed by atoms with Crippen LogP contribution < -0.4 is 0 Å². The third-order valence-electron chi connectivity index (χ3n) is 2.42. The monoisotopic (exact) mass is 235 g/mol. The van der Waals surface area contributed by atoms with Crippen molar-refractivity contribution in [2.45, 2.75) is 12.8 Å². The minimum atomic E-state index is -3.13. The van der Waals surface area contributed by atoms with Gasteiger partial charge in [0.1, 0.15) is 0 Å². The lowest BCUT2D eigenvalue weighted by molar-refractivity contribution is 0.312. The molecule has 0 aliphatic carbocycles. The highest BCUT2D eigenvalue weighted by Gasteiger charge is 2.26. The molecule has 3 nitrogen and oxygen atoms in total. The summed E-state index contributed by atoms with van der Waals surface area (Å²) in [6.07, 6.45) is 6.80. The van der Waals surface area contributed by atoms with E-state index in [1.807, 2.05) is 0 Å². The fourth-order valence-electron chi connectivity index (χ4n) is 1.53. The quantitative estimate of drug-likeness (QED) is 0.539. The molecule has 0 N–H and O–H groups in total. The average Bonchev–Trinajstić information content (AvgIpc) is 2.18. The van der Waals surface area contributed by atoms with Crippen LogP contribution in [0.3, 0.4) is 0 Å². The zero-order valence-corrected chi connectivity index (χ0v) is 9.52. The maximum Gasteiger partial charge on any atom is 0.215 e. The topological polar surface area (TPSA) is 37.4 Å². The van der Waals surface area contributed by atoms with Gasteiger partial charge in [0.25, 0.3) is 0 Å². The lowest BCUT2D eigenvalue weighted by atomic mass is 10.00. The first kappa shape index (κ1) is 11.8. The summed E-state index contributed by atoms with van der Waals surface area (Å²) in [7, 11) is -3.13. The van der Waals surface area contributed by atoms with Crippen molar-refractivity contribution in [1.82, 2.24) is 4.31 Å². The molecule has 0 unspecified atom stereocenters. The van der Waals surface area contributed by atoms with Crippen LogP contribution >= 0.6 is 11.6 Å². The molecule has 1 saturated heterocycles. The van der Waals surface area contributed by atoms with E-state index in [0.717, 1.165) is 12.8 Å². The molecule has 1 aliphatic rings. The van der Waals surface area contributed by atoms with Crippen LogP contribution in [-0.2, 0) is 10.0 Å². The molecule has 14 heavy (non-hydrogen) atoms. The van der Waals surface area contributed by atoms with E-state index in [1.165, 1.54) is 4.31 Å². The molecular formula is C9H14ClNO2S. The van der Waals surface area contributed by atoms with Crippen LogP contribution in [-0.4, -0.2) is 37.4 Å². The van der Waals surface area contributed by atoms with Crippen LogP contribution in [0, 0.1) is 18.3 Å². The molecule has 0 bridgehead atoms. The molecule has 1 fully saturated rings. The van der Waals surface area contributed by atoms with Gasteiger partial charge in [0.05, 0.1) is 5.75 Å². The predicted octanol–water partition coefficient (Wildman–Crippen LogP) is 0.900. The number of nitrogens with zero attached hydrogens (tertiary/aromatic N) is 1. The Bertz CT molecular complexity index is 312. The van der Waals surface area contributed by atoms with Crippen molar-refractivity contribution < 1.29 is 8.42 Å². The number of alkyl halides is 1. The van der Waals surface area contributed by atoms with Gasteiger partial charge in [-0.2, -0.15) is 0 Å². The number of terminal acetylenes is 1. The SMILES string of the molecule is C#CC1CCN(S(=O)(=O)CCCl)CC1. The molecule has 0 aromatic carbocycles. The molecule has 0 aromatic rings. The first-order valence-corrected chi connectivity index (χ1v) is 6.74. The summed E-state index contributed by atoms with van der Waals surface area (Å²) in [6, 6.07) is 0. The van der Waals surface area contributed by atoms with Crippen molar-refractivity contribution in [3.8, 4) is 12.3 Å². The van der Waals surface area contributed by atoms with Crippen LogP contribution in [0.25, 0.3) is 0 Å². The van der Waals surface area contributed by atoms with Gasteiger partial charge in [0.2, 0.25) is 10.0 Å². The Morgan fingerprint density at radius 2 is 2.00 bits per heavy atom. The molecule has 5 heteroatoms. The van der Waals surface area contributed by atoms with Gasteiger partial charge in [-0.05, 0) is 12.8 Å². The van der Waals surface area contributed by atoms with Crippen molar-refractivity contribution in [2.24, 2.45) is 5.92 Å². The Labute approximate surface area is 90.5 Å². The number of sulfonamides is 1. The maximum absolute atomic E-state index is 11.6. The van der Waals surface area contributed by atoms with E-state index in [9.17, 15) is 8.42 Å². The Hall–Kier alpha value is -0.240. The van der Waals surface area contributed by atoms with Gasteiger partial charge < -0.3 is 0 Å². The van der Waals surface area contributed by atoms with E-state index in [-0.39, 0.29) is 17.6 Å². The fraction of sp³-hybridized carbons (Fsp3) is 0.778. The van der Waals surface area contributed by atoms with Crippen LogP contribution in [0.15, 0.2) is 0 Å². The Kier molecular flexibility index (Phi) is 4.24. The zero-order chi connectivity index (χ0) is 10.6. The lowest BCUT2D eigenvalue weighted by Crippen LogP contribution is -2.39. The smallest absolute Gasteiger partial charge is 0.212 e. The first-order valence-electron chi connectivity index (χ1n) is 4.60. The molecule has 0 saturated carbocycles. The summed E-state index contributed by atoms with van der Waals surface area (Å²) in [5.41, 5.74) is 0. The molecule has 0 aromatic heterocycles. The van der Waals surface area contributed by atoms with Gasteiger partial charge in [0.15, 0.2) is 0 Å². The maximum atomic E-state index is 11.6. The van der Waals surface area contributed by atoms with E-state index < -0.39 is 10.0 Å². The van der Waals surface area contributed by atoms with Crippen LogP contribution in [0.4, 0.5) is 0 Å². The number of piperidine rings is 1. The largest absolute Gasteiger partial charge is 0.215 e. The molecule has 1 rings (SSSR count). The molecule has 0 atom stereocenters. The lowest BCUT2D eigenvalue weighted by Gasteiger charge is -2.28. The first-order chi connectivity index (χ1) is 6.60. The van der Waals surface area contributed by atoms with Crippen molar-refractivity contribution in [2.75, 3.05) is 24.7 Å². The summed E-state index contributed by atoms with van der Waals surface area (Å²) in [5, 5.41) is 0. The van der Waals surface area contributed by atoms with Gasteiger partial charge in [0, 0.05) is 24.9 Å². The van der Waals surface area contributed by atoms with Gasteiger partial charge >= 0.3 is 0 Å². The number of rotatable bonds is 3. The van der Waals surface area contributed by atoms with Crippen molar-refractivity contribution in [3.63, 3.8) is 0 Å². The molecule has 1 heterocycles. The Balaban J connectivity index is 2.54. The third kappa shape index (κ3) is 2.88. The predicted molar refractivity (Wildman–Crippen MR) is 57.6 cm³/mol. The minimum absolute atomic E-state index is 0.0231. The minimum Gasteiger partial charge on any atom is -0.212 e. The highest BCUT2D eigenvalue weighted by atomic mass is 35.5. The van der Waals surface area contributed by atoms with Crippen LogP contribution in [0.2, 0.25) is 0 Å². The van der Waals surface area contributed by atoms with Crippen LogP contribution in [0.5, 0.6) is 0 Å². The van der Waals surface area contributed by atoms with Gasteiger partial charge in [-0.15, -0.1) is 23.9 Å². The van der Waals surface area contributed by atoms with Crippen molar-refractivity contribution in [3.05, 3.63) is 0 Å². The summed E-state index contributed by atoms with van der Waals surface area (Å²) in [5.74, 6) is 3.07. The van der Waals surface area contributed by atoms with Crippen molar-refractivity contribution in [1.29, 1.82) is 0 Å². The fourth-order valence-corrected chi connectivity index (χ4v) is 3.33. The second-order valence-corrected chi connectivity index (χ2v) is 5.81. The molecule has 0 radical (unpaired) electrons. The number of hydrogen-bond acceptors (Lipinski definition) is 2. The highest BCUT2D eigenvalue weighted by molar-refractivity contribution is 7.89. The second-order valence-electron chi connectivity index (χ2n) is 3.34. The summed E-state index contributed by atoms with van der Waals surface area (Å²) in [6.45, 7) is 1.07. The molecule has 80 valence electrons. The average molecular weight is 236 g/mol. The van der Waals surface area contributed by atoms with E-state index >= 15 is 0 Å². The van der Waals surface area contributed by atoms with Gasteiger partial charge in [-0.1, -0.05) is 0 Å².